The number of carbonyl (C=O) groups excluding carboxylic acids is 1. The molecule has 0 radical (unpaired) electrons. The van der Waals surface area contributed by atoms with Gasteiger partial charge in [0.05, 0.1) is 25.2 Å². The Labute approximate surface area is 207 Å². The van der Waals surface area contributed by atoms with Gasteiger partial charge in [0.2, 0.25) is 0 Å². The Bertz CT molecular complexity index is 1220. The first-order valence-electron chi connectivity index (χ1n) is 10.8. The Kier molecular flexibility index (Phi) is 7.26. The summed E-state index contributed by atoms with van der Waals surface area (Å²) in [6.07, 6.45) is 0.623. The largest absolute Gasteiger partial charge is 0.493 e. The van der Waals surface area contributed by atoms with E-state index in [1.807, 2.05) is 12.1 Å². The SMILES string of the molecule is COc1cc2c(cc1OC)[C@@H](COc1ccc([N+](=O)[O-])cc1)N(C(=O)Nc1ccc(Cl)cc1)CC2. The van der Waals surface area contributed by atoms with Crippen LogP contribution in [0.15, 0.2) is 60.7 Å². The minimum Gasteiger partial charge on any atom is -0.493 e. The Morgan fingerprint density at radius 2 is 1.74 bits per heavy atom. The summed E-state index contributed by atoms with van der Waals surface area (Å²) >= 11 is 5.96. The molecule has 1 N–H and O–H groups in total. The van der Waals surface area contributed by atoms with Gasteiger partial charge in [0.1, 0.15) is 12.4 Å². The average Bonchev–Trinajstić information content (AvgIpc) is 2.87. The summed E-state index contributed by atoms with van der Waals surface area (Å²) in [6, 6.07) is 15.7. The fourth-order valence-electron chi connectivity index (χ4n) is 4.02. The maximum atomic E-state index is 13.3. The molecule has 0 aromatic heterocycles. The molecule has 182 valence electrons. The number of methoxy groups -OCH3 is 2. The summed E-state index contributed by atoms with van der Waals surface area (Å²) in [5.74, 6) is 1.62. The molecule has 10 heteroatoms. The van der Waals surface area contributed by atoms with Gasteiger partial charge in [-0.15, -0.1) is 0 Å². The third kappa shape index (κ3) is 5.41. The molecule has 0 saturated carbocycles. The molecule has 3 aromatic rings. The van der Waals surface area contributed by atoms with Crippen LogP contribution in [0.25, 0.3) is 0 Å². The van der Waals surface area contributed by atoms with Crippen molar-refractivity contribution in [2.45, 2.75) is 12.5 Å². The molecule has 1 heterocycles. The van der Waals surface area contributed by atoms with Crippen molar-refractivity contribution in [1.29, 1.82) is 0 Å². The zero-order valence-electron chi connectivity index (χ0n) is 19.2. The van der Waals surface area contributed by atoms with Crippen molar-refractivity contribution < 1.29 is 23.9 Å². The predicted molar refractivity (Wildman–Crippen MR) is 132 cm³/mol. The van der Waals surface area contributed by atoms with Crippen LogP contribution in [-0.2, 0) is 6.42 Å². The lowest BCUT2D eigenvalue weighted by Crippen LogP contribution is -2.44. The summed E-state index contributed by atoms with van der Waals surface area (Å²) < 4.78 is 16.9. The number of hydrogen-bond donors (Lipinski definition) is 1. The number of fused-ring (bicyclic) bond motifs is 1. The van der Waals surface area contributed by atoms with Crippen molar-refractivity contribution in [3.05, 3.63) is 86.9 Å². The highest BCUT2D eigenvalue weighted by Gasteiger charge is 2.33. The van der Waals surface area contributed by atoms with Crippen molar-refractivity contribution in [3.8, 4) is 17.2 Å². The molecule has 0 saturated heterocycles. The molecule has 1 aliphatic rings. The molecule has 0 spiro atoms. The molecule has 0 bridgehead atoms. The van der Waals surface area contributed by atoms with Crippen LogP contribution < -0.4 is 19.5 Å². The second kappa shape index (κ2) is 10.5. The molecule has 35 heavy (non-hydrogen) atoms. The smallest absolute Gasteiger partial charge is 0.322 e. The number of halogens is 1. The summed E-state index contributed by atoms with van der Waals surface area (Å²) in [5.41, 5.74) is 2.49. The summed E-state index contributed by atoms with van der Waals surface area (Å²) in [5, 5.41) is 14.4. The minimum atomic E-state index is -0.469. The lowest BCUT2D eigenvalue weighted by Gasteiger charge is -2.37. The standard InChI is InChI=1S/C25H24ClN3O6/c1-33-23-13-16-11-12-28(25(30)27-18-5-3-17(26)4-6-18)22(21(16)14-24(23)34-2)15-35-20-9-7-19(8-10-20)29(31)32/h3-10,13-14,22H,11-12,15H2,1-2H3,(H,27,30)/t22-/m1/s1. The Morgan fingerprint density at radius 3 is 2.37 bits per heavy atom. The first-order chi connectivity index (χ1) is 16.9. The number of nitro groups is 1. The van der Waals surface area contributed by atoms with E-state index in [9.17, 15) is 14.9 Å². The first kappa shape index (κ1) is 24.2. The van der Waals surface area contributed by atoms with Crippen LogP contribution in [0.3, 0.4) is 0 Å². The number of urea groups is 1. The lowest BCUT2D eigenvalue weighted by atomic mass is 9.92. The van der Waals surface area contributed by atoms with Crippen LogP contribution in [0.2, 0.25) is 5.02 Å². The topological polar surface area (TPSA) is 103 Å². The molecule has 1 atom stereocenters. The number of hydrogen-bond acceptors (Lipinski definition) is 6. The maximum Gasteiger partial charge on any atom is 0.322 e. The zero-order chi connectivity index (χ0) is 24.9. The fourth-order valence-corrected chi connectivity index (χ4v) is 4.14. The van der Waals surface area contributed by atoms with Gasteiger partial charge in [-0.2, -0.15) is 0 Å². The molecule has 2 amide bonds. The van der Waals surface area contributed by atoms with Gasteiger partial charge >= 0.3 is 6.03 Å². The molecule has 0 unspecified atom stereocenters. The van der Waals surface area contributed by atoms with E-state index < -0.39 is 11.0 Å². The van der Waals surface area contributed by atoms with E-state index in [1.165, 1.54) is 24.3 Å². The predicted octanol–water partition coefficient (Wildman–Crippen LogP) is 5.48. The quantitative estimate of drug-likeness (QED) is 0.342. The van der Waals surface area contributed by atoms with Crippen LogP contribution in [0.4, 0.5) is 16.2 Å². The van der Waals surface area contributed by atoms with E-state index in [0.29, 0.717) is 40.9 Å². The zero-order valence-corrected chi connectivity index (χ0v) is 19.9. The van der Waals surface area contributed by atoms with Crippen LogP contribution in [0, 0.1) is 10.1 Å². The summed E-state index contributed by atoms with van der Waals surface area (Å²) in [7, 11) is 3.13. The van der Waals surface area contributed by atoms with Crippen LogP contribution in [0.5, 0.6) is 17.2 Å². The number of nitrogens with zero attached hydrogens (tertiary/aromatic N) is 2. The number of anilines is 1. The van der Waals surface area contributed by atoms with Crippen LogP contribution >= 0.6 is 11.6 Å². The second-order valence-electron chi connectivity index (χ2n) is 7.86. The van der Waals surface area contributed by atoms with Gasteiger partial charge in [0.25, 0.3) is 5.69 Å². The Morgan fingerprint density at radius 1 is 1.09 bits per heavy atom. The van der Waals surface area contributed by atoms with Gasteiger partial charge in [-0.05, 0) is 66.1 Å². The van der Waals surface area contributed by atoms with Gasteiger partial charge in [0, 0.05) is 29.4 Å². The Hall–Kier alpha value is -3.98. The minimum absolute atomic E-state index is 0.0267. The normalized spacial score (nSPS) is 14.6. The molecule has 0 fully saturated rings. The van der Waals surface area contributed by atoms with E-state index in [2.05, 4.69) is 5.32 Å². The number of carbonyl (C=O) groups is 1. The third-order valence-corrected chi connectivity index (χ3v) is 6.07. The van der Waals surface area contributed by atoms with E-state index in [-0.39, 0.29) is 18.3 Å². The number of nitrogens with one attached hydrogen (secondary N) is 1. The molecular formula is C25H24ClN3O6. The van der Waals surface area contributed by atoms with Crippen molar-refractivity contribution in [3.63, 3.8) is 0 Å². The van der Waals surface area contributed by atoms with Crippen LogP contribution in [0.1, 0.15) is 17.2 Å². The number of rotatable bonds is 7. The van der Waals surface area contributed by atoms with Crippen molar-refractivity contribution in [2.75, 3.05) is 32.7 Å². The van der Waals surface area contributed by atoms with Crippen molar-refractivity contribution >= 4 is 29.0 Å². The van der Waals surface area contributed by atoms with E-state index in [0.717, 1.165) is 11.1 Å². The van der Waals surface area contributed by atoms with Gasteiger partial charge in [0.15, 0.2) is 11.5 Å². The molecule has 4 rings (SSSR count). The summed E-state index contributed by atoms with van der Waals surface area (Å²) in [4.78, 5) is 25.4. The van der Waals surface area contributed by atoms with Gasteiger partial charge in [-0.3, -0.25) is 10.1 Å². The molecular weight excluding hydrogens is 474 g/mol. The monoisotopic (exact) mass is 497 g/mol. The van der Waals surface area contributed by atoms with Crippen LogP contribution in [-0.4, -0.2) is 43.2 Å². The van der Waals surface area contributed by atoms with E-state index >= 15 is 0 Å². The van der Waals surface area contributed by atoms with Gasteiger partial charge < -0.3 is 24.4 Å². The van der Waals surface area contributed by atoms with Crippen molar-refractivity contribution in [1.82, 2.24) is 4.90 Å². The number of ether oxygens (including phenoxy) is 3. The molecule has 9 nitrogen and oxygen atoms in total. The molecule has 0 aliphatic carbocycles. The number of nitro benzene ring substituents is 1. The fraction of sp³-hybridized carbons (Fsp3) is 0.240. The molecule has 1 aliphatic heterocycles. The number of non-ortho nitro benzene ring substituents is 1. The van der Waals surface area contributed by atoms with E-state index in [1.54, 1.807) is 43.4 Å². The van der Waals surface area contributed by atoms with E-state index in [4.69, 9.17) is 25.8 Å². The maximum absolute atomic E-state index is 13.3. The highest BCUT2D eigenvalue weighted by molar-refractivity contribution is 6.30. The van der Waals surface area contributed by atoms with Crippen molar-refractivity contribution in [2.24, 2.45) is 0 Å². The van der Waals surface area contributed by atoms with Gasteiger partial charge in [-0.1, -0.05) is 11.6 Å². The number of amides is 2. The Balaban J connectivity index is 1.62. The highest BCUT2D eigenvalue weighted by atomic mass is 35.5. The summed E-state index contributed by atoms with van der Waals surface area (Å²) in [6.45, 7) is 0.588. The molecule has 3 aromatic carbocycles. The van der Waals surface area contributed by atoms with Gasteiger partial charge in [-0.25, -0.2) is 4.79 Å². The highest BCUT2D eigenvalue weighted by Crippen LogP contribution is 2.38. The second-order valence-corrected chi connectivity index (χ2v) is 8.30. The first-order valence-corrected chi connectivity index (χ1v) is 11.2. The lowest BCUT2D eigenvalue weighted by molar-refractivity contribution is -0.384. The third-order valence-electron chi connectivity index (χ3n) is 5.81. The number of benzene rings is 3. The average molecular weight is 498 g/mol.